The molecule has 1 aromatic rings. The van der Waals surface area contributed by atoms with Gasteiger partial charge in [-0.25, -0.2) is 0 Å². The van der Waals surface area contributed by atoms with Crippen molar-refractivity contribution in [3.63, 3.8) is 0 Å². The molecule has 0 aliphatic carbocycles. The van der Waals surface area contributed by atoms with Crippen molar-refractivity contribution in [2.75, 3.05) is 5.75 Å². The average Bonchev–Trinajstić information content (AvgIpc) is 2.42. The van der Waals surface area contributed by atoms with Gasteiger partial charge in [-0.1, -0.05) is 45.0 Å². The van der Waals surface area contributed by atoms with Crippen LogP contribution in [0, 0.1) is 0 Å². The van der Waals surface area contributed by atoms with Crippen LogP contribution in [0.25, 0.3) is 0 Å². The molecule has 1 N–H and O–H groups in total. The largest absolute Gasteiger partial charge is 0.392 e. The number of benzene rings is 1. The highest BCUT2D eigenvalue weighted by atomic mass is 32.2. The van der Waals surface area contributed by atoms with E-state index < -0.39 is 0 Å². The molecule has 3 heteroatoms. The van der Waals surface area contributed by atoms with E-state index in [9.17, 15) is 5.11 Å². The first kappa shape index (κ1) is 15.3. The fourth-order valence-electron chi connectivity index (χ4n) is 2.29. The van der Waals surface area contributed by atoms with Crippen molar-refractivity contribution >= 4 is 23.5 Å². The zero-order valence-corrected chi connectivity index (χ0v) is 13.6. The Kier molecular flexibility index (Phi) is 5.67. The van der Waals surface area contributed by atoms with Gasteiger partial charge in [-0.05, 0) is 24.0 Å². The summed E-state index contributed by atoms with van der Waals surface area (Å²) in [5.41, 5.74) is 2.62. The predicted molar refractivity (Wildman–Crippen MR) is 88.3 cm³/mol. The first-order valence-electron chi connectivity index (χ1n) is 7.13. The highest BCUT2D eigenvalue weighted by Crippen LogP contribution is 2.37. The van der Waals surface area contributed by atoms with E-state index in [0.29, 0.717) is 15.7 Å². The molecule has 1 aromatic carbocycles. The third kappa shape index (κ3) is 4.17. The monoisotopic (exact) mass is 296 g/mol. The van der Waals surface area contributed by atoms with E-state index in [1.165, 1.54) is 11.1 Å². The van der Waals surface area contributed by atoms with Crippen molar-refractivity contribution in [1.29, 1.82) is 0 Å². The summed E-state index contributed by atoms with van der Waals surface area (Å²) >= 11 is 3.96. The van der Waals surface area contributed by atoms with E-state index in [1.54, 1.807) is 0 Å². The lowest BCUT2D eigenvalue weighted by molar-refractivity contribution is 0.177. The standard InChI is InChI=1S/C16H24OS2/c1-4-13-5-7-14(8-6-13)9-15(17)16-10-18-11(2)12(3)19-16/h5-8,11-12,15-17H,4,9-10H2,1-3H3. The number of hydrogen-bond donors (Lipinski definition) is 1. The zero-order chi connectivity index (χ0) is 13.8. The summed E-state index contributed by atoms with van der Waals surface area (Å²) < 4.78 is 0. The van der Waals surface area contributed by atoms with Gasteiger partial charge < -0.3 is 5.11 Å². The lowest BCUT2D eigenvalue weighted by atomic mass is 10.0. The van der Waals surface area contributed by atoms with E-state index in [4.69, 9.17) is 0 Å². The van der Waals surface area contributed by atoms with E-state index in [1.807, 2.05) is 23.5 Å². The lowest BCUT2D eigenvalue weighted by Crippen LogP contribution is -2.35. The fourth-order valence-corrected chi connectivity index (χ4v) is 5.31. The van der Waals surface area contributed by atoms with Gasteiger partial charge in [0.2, 0.25) is 0 Å². The average molecular weight is 297 g/mol. The highest BCUT2D eigenvalue weighted by Gasteiger charge is 2.30. The van der Waals surface area contributed by atoms with Crippen molar-refractivity contribution in [3.05, 3.63) is 35.4 Å². The van der Waals surface area contributed by atoms with E-state index in [0.717, 1.165) is 18.6 Å². The van der Waals surface area contributed by atoms with Gasteiger partial charge in [0.15, 0.2) is 0 Å². The molecule has 1 saturated heterocycles. The smallest absolute Gasteiger partial charge is 0.0707 e. The van der Waals surface area contributed by atoms with Crippen LogP contribution in [0.2, 0.25) is 0 Å². The summed E-state index contributed by atoms with van der Waals surface area (Å²) in [5.74, 6) is 1.07. The maximum Gasteiger partial charge on any atom is 0.0707 e. The summed E-state index contributed by atoms with van der Waals surface area (Å²) in [4.78, 5) is 0. The Morgan fingerprint density at radius 1 is 1.16 bits per heavy atom. The normalized spacial score (nSPS) is 29.2. The Bertz CT molecular complexity index is 390. The molecule has 2 rings (SSSR count). The topological polar surface area (TPSA) is 20.2 Å². The van der Waals surface area contributed by atoms with Gasteiger partial charge >= 0.3 is 0 Å². The Morgan fingerprint density at radius 3 is 2.37 bits per heavy atom. The number of aliphatic hydroxyl groups excluding tert-OH is 1. The predicted octanol–water partition coefficient (Wildman–Crippen LogP) is 3.78. The van der Waals surface area contributed by atoms with Crippen molar-refractivity contribution in [2.45, 2.75) is 55.5 Å². The van der Waals surface area contributed by atoms with Crippen LogP contribution in [0.5, 0.6) is 0 Å². The van der Waals surface area contributed by atoms with E-state index >= 15 is 0 Å². The molecule has 1 aliphatic heterocycles. The number of thioether (sulfide) groups is 2. The van der Waals surface area contributed by atoms with Crippen LogP contribution in [-0.2, 0) is 12.8 Å². The molecule has 1 heterocycles. The van der Waals surface area contributed by atoms with Crippen molar-refractivity contribution < 1.29 is 5.11 Å². The third-order valence-electron chi connectivity index (χ3n) is 3.88. The molecule has 4 atom stereocenters. The Labute approximate surface area is 125 Å². The number of rotatable bonds is 4. The van der Waals surface area contributed by atoms with Crippen molar-refractivity contribution in [2.24, 2.45) is 0 Å². The molecule has 0 spiro atoms. The van der Waals surface area contributed by atoms with Crippen LogP contribution in [0.4, 0.5) is 0 Å². The maximum absolute atomic E-state index is 10.4. The quantitative estimate of drug-likeness (QED) is 0.913. The lowest BCUT2D eigenvalue weighted by Gasteiger charge is -2.33. The molecule has 0 saturated carbocycles. The second-order valence-electron chi connectivity index (χ2n) is 5.36. The van der Waals surface area contributed by atoms with Gasteiger partial charge in [0.1, 0.15) is 0 Å². The van der Waals surface area contributed by atoms with Gasteiger partial charge in [-0.15, -0.1) is 0 Å². The first-order valence-corrected chi connectivity index (χ1v) is 9.12. The molecule has 19 heavy (non-hydrogen) atoms. The number of hydrogen-bond acceptors (Lipinski definition) is 3. The summed E-state index contributed by atoms with van der Waals surface area (Å²) in [6.45, 7) is 6.73. The summed E-state index contributed by atoms with van der Waals surface area (Å²) in [6, 6.07) is 8.68. The Morgan fingerprint density at radius 2 is 1.79 bits per heavy atom. The summed E-state index contributed by atoms with van der Waals surface area (Å²) in [5, 5.41) is 12.1. The Balaban J connectivity index is 1.91. The van der Waals surface area contributed by atoms with E-state index in [2.05, 4.69) is 45.0 Å². The summed E-state index contributed by atoms with van der Waals surface area (Å²) in [7, 11) is 0. The summed E-state index contributed by atoms with van der Waals surface area (Å²) in [6.07, 6.45) is 1.64. The van der Waals surface area contributed by atoms with Crippen molar-refractivity contribution in [1.82, 2.24) is 0 Å². The molecule has 0 bridgehead atoms. The SMILES string of the molecule is CCc1ccc(CC(O)C2CSC(C)C(C)S2)cc1. The second kappa shape index (κ2) is 7.05. The molecule has 0 amide bonds. The third-order valence-corrected chi connectivity index (χ3v) is 7.42. The molecular weight excluding hydrogens is 272 g/mol. The highest BCUT2D eigenvalue weighted by molar-refractivity contribution is 8.07. The van der Waals surface area contributed by atoms with E-state index in [-0.39, 0.29) is 6.10 Å². The van der Waals surface area contributed by atoms with Crippen LogP contribution in [0.1, 0.15) is 31.9 Å². The molecule has 1 nitrogen and oxygen atoms in total. The fraction of sp³-hybridized carbons (Fsp3) is 0.625. The molecule has 4 unspecified atom stereocenters. The molecule has 1 fully saturated rings. The number of aryl methyl sites for hydroxylation is 1. The first-order chi connectivity index (χ1) is 9.10. The maximum atomic E-state index is 10.4. The molecule has 1 aliphatic rings. The molecule has 106 valence electrons. The van der Waals surface area contributed by atoms with Crippen LogP contribution in [0.15, 0.2) is 24.3 Å². The minimum Gasteiger partial charge on any atom is -0.392 e. The van der Waals surface area contributed by atoms with Crippen molar-refractivity contribution in [3.8, 4) is 0 Å². The molecular formula is C16H24OS2. The number of aliphatic hydroxyl groups is 1. The molecule has 0 radical (unpaired) electrons. The van der Waals surface area contributed by atoms with Gasteiger partial charge in [-0.3, -0.25) is 0 Å². The van der Waals surface area contributed by atoms with Gasteiger partial charge in [0.05, 0.1) is 6.10 Å². The van der Waals surface area contributed by atoms with Crippen LogP contribution >= 0.6 is 23.5 Å². The van der Waals surface area contributed by atoms with Gasteiger partial charge in [0, 0.05) is 21.5 Å². The van der Waals surface area contributed by atoms with Crippen LogP contribution < -0.4 is 0 Å². The second-order valence-corrected chi connectivity index (χ2v) is 8.39. The van der Waals surface area contributed by atoms with Crippen LogP contribution in [-0.4, -0.2) is 32.7 Å². The van der Waals surface area contributed by atoms with Gasteiger partial charge in [-0.2, -0.15) is 23.5 Å². The minimum absolute atomic E-state index is 0.222. The van der Waals surface area contributed by atoms with Gasteiger partial charge in [0.25, 0.3) is 0 Å². The zero-order valence-electron chi connectivity index (χ0n) is 12.0. The van der Waals surface area contributed by atoms with Crippen LogP contribution in [0.3, 0.4) is 0 Å². The molecule has 0 aromatic heterocycles. The Hall–Kier alpha value is -0.120. The minimum atomic E-state index is -0.222.